The van der Waals surface area contributed by atoms with Crippen LogP contribution in [0.1, 0.15) is 5.56 Å². The highest BCUT2D eigenvalue weighted by atomic mass is 35.5. The molecule has 1 fully saturated rings. The van der Waals surface area contributed by atoms with Gasteiger partial charge in [0.25, 0.3) is 5.91 Å². The fourth-order valence-corrected chi connectivity index (χ4v) is 4.42. The Morgan fingerprint density at radius 1 is 1.19 bits per heavy atom. The van der Waals surface area contributed by atoms with Crippen molar-refractivity contribution in [2.45, 2.75) is 11.7 Å². The lowest BCUT2D eigenvalue weighted by Crippen LogP contribution is -2.31. The number of halogens is 2. The predicted molar refractivity (Wildman–Crippen MR) is 107 cm³/mol. The number of carbonyl (C=O) groups excluding carboxylic acids is 2. The number of thioether (sulfide) groups is 1. The van der Waals surface area contributed by atoms with E-state index in [-0.39, 0.29) is 16.5 Å². The van der Waals surface area contributed by atoms with Gasteiger partial charge in [0.15, 0.2) is 0 Å². The van der Waals surface area contributed by atoms with Gasteiger partial charge in [-0.15, -0.1) is 0 Å². The van der Waals surface area contributed by atoms with E-state index >= 15 is 0 Å². The fourth-order valence-electron chi connectivity index (χ4n) is 2.72. The van der Waals surface area contributed by atoms with Crippen molar-refractivity contribution < 1.29 is 9.59 Å². The zero-order valence-corrected chi connectivity index (χ0v) is 16.2. The van der Waals surface area contributed by atoms with Crippen LogP contribution in [-0.4, -0.2) is 17.1 Å². The number of para-hydroxylation sites is 1. The van der Waals surface area contributed by atoms with E-state index in [0.717, 1.165) is 11.8 Å². The second-order valence-corrected chi connectivity index (χ2v) is 7.67. The van der Waals surface area contributed by atoms with Gasteiger partial charge in [-0.25, -0.2) is 0 Å². The highest BCUT2D eigenvalue weighted by Gasteiger charge is 2.40. The van der Waals surface area contributed by atoms with E-state index in [0.29, 0.717) is 27.7 Å². The number of nitrogens with two attached hydrogens (primary N) is 1. The Balaban J connectivity index is 2.04. The molecule has 0 bridgehead atoms. The molecule has 5 nitrogen and oxygen atoms in total. The van der Waals surface area contributed by atoms with Crippen LogP contribution in [0.3, 0.4) is 0 Å². The maximum absolute atomic E-state index is 13.1. The van der Waals surface area contributed by atoms with Crippen molar-refractivity contribution in [1.82, 2.24) is 0 Å². The molecule has 27 heavy (non-hydrogen) atoms. The van der Waals surface area contributed by atoms with Crippen LogP contribution in [0.15, 0.2) is 59.1 Å². The molecule has 1 atom stereocenters. The lowest BCUT2D eigenvalue weighted by molar-refractivity contribution is -0.117. The Kier molecular flexibility index (Phi) is 5.76. The quantitative estimate of drug-likeness (QED) is 0.603. The van der Waals surface area contributed by atoms with E-state index < -0.39 is 11.2 Å². The number of carbonyl (C=O) groups is 2. The van der Waals surface area contributed by atoms with Crippen LogP contribution in [0.25, 0.3) is 0 Å². The van der Waals surface area contributed by atoms with Crippen LogP contribution >= 0.6 is 35.0 Å². The molecule has 1 aliphatic rings. The Morgan fingerprint density at radius 3 is 2.52 bits per heavy atom. The van der Waals surface area contributed by atoms with E-state index in [9.17, 15) is 14.9 Å². The SMILES string of the molecule is N#C/C(C(N)=O)=C1\S[C@H](Cc2cccc(Cl)c2Cl)C(=O)N1c1ccccc1. The first-order valence-electron chi connectivity index (χ1n) is 7.86. The number of primary amides is 1. The molecule has 0 radical (unpaired) electrons. The second-order valence-electron chi connectivity index (χ2n) is 5.69. The minimum Gasteiger partial charge on any atom is -0.365 e. The third kappa shape index (κ3) is 3.81. The number of nitriles is 1. The highest BCUT2D eigenvalue weighted by Crippen LogP contribution is 2.42. The monoisotopic (exact) mass is 417 g/mol. The lowest BCUT2D eigenvalue weighted by Gasteiger charge is -2.18. The molecular weight excluding hydrogens is 405 g/mol. The Morgan fingerprint density at radius 2 is 1.89 bits per heavy atom. The molecule has 0 unspecified atom stereocenters. The summed E-state index contributed by atoms with van der Waals surface area (Å²) >= 11 is 13.4. The summed E-state index contributed by atoms with van der Waals surface area (Å²) in [5, 5.41) is 9.80. The highest BCUT2D eigenvalue weighted by molar-refractivity contribution is 8.05. The zero-order valence-electron chi connectivity index (χ0n) is 13.9. The molecule has 2 aromatic rings. The number of nitrogens with zero attached hydrogens (tertiary/aromatic N) is 2. The van der Waals surface area contributed by atoms with Gasteiger partial charge in [0.05, 0.1) is 15.3 Å². The molecule has 0 aromatic heterocycles. The summed E-state index contributed by atoms with van der Waals surface area (Å²) in [4.78, 5) is 26.2. The summed E-state index contributed by atoms with van der Waals surface area (Å²) in [6, 6.07) is 15.8. The van der Waals surface area contributed by atoms with E-state index in [2.05, 4.69) is 0 Å². The van der Waals surface area contributed by atoms with E-state index in [1.807, 2.05) is 12.1 Å². The van der Waals surface area contributed by atoms with Crippen LogP contribution in [0.2, 0.25) is 10.0 Å². The van der Waals surface area contributed by atoms with Crippen molar-refractivity contribution in [2.75, 3.05) is 4.90 Å². The number of hydrogen-bond donors (Lipinski definition) is 1. The van der Waals surface area contributed by atoms with E-state index in [1.165, 1.54) is 4.90 Å². The van der Waals surface area contributed by atoms with Gasteiger partial charge < -0.3 is 5.73 Å². The topological polar surface area (TPSA) is 87.2 Å². The maximum Gasteiger partial charge on any atom is 0.262 e. The van der Waals surface area contributed by atoms with Gasteiger partial charge in [-0.1, -0.05) is 65.3 Å². The van der Waals surface area contributed by atoms with Crippen molar-refractivity contribution in [1.29, 1.82) is 5.26 Å². The average molecular weight is 418 g/mol. The molecule has 0 saturated carbocycles. The number of anilines is 1. The normalized spacial score (nSPS) is 18.3. The Hall–Kier alpha value is -2.46. The molecule has 136 valence electrons. The van der Waals surface area contributed by atoms with Gasteiger partial charge in [0, 0.05) is 5.69 Å². The Bertz CT molecular complexity index is 986. The van der Waals surface area contributed by atoms with Gasteiger partial charge in [-0.05, 0) is 30.2 Å². The number of hydrogen-bond acceptors (Lipinski definition) is 4. The van der Waals surface area contributed by atoms with Gasteiger partial charge in [0.2, 0.25) is 5.91 Å². The number of benzene rings is 2. The minimum absolute atomic E-state index is 0.226. The van der Waals surface area contributed by atoms with Crippen LogP contribution in [0.5, 0.6) is 0 Å². The minimum atomic E-state index is -0.879. The summed E-state index contributed by atoms with van der Waals surface area (Å²) in [7, 11) is 0. The largest absolute Gasteiger partial charge is 0.365 e. The van der Waals surface area contributed by atoms with Crippen LogP contribution < -0.4 is 10.6 Å². The van der Waals surface area contributed by atoms with Crippen molar-refractivity contribution in [3.63, 3.8) is 0 Å². The fraction of sp³-hybridized carbons (Fsp3) is 0.105. The number of rotatable bonds is 4. The molecule has 2 amide bonds. The van der Waals surface area contributed by atoms with Gasteiger partial charge in [-0.3, -0.25) is 14.5 Å². The van der Waals surface area contributed by atoms with Crippen molar-refractivity contribution in [3.8, 4) is 6.07 Å². The second kappa shape index (κ2) is 8.05. The Labute approximate surface area is 170 Å². The summed E-state index contributed by atoms with van der Waals surface area (Å²) < 4.78 is 0. The third-order valence-electron chi connectivity index (χ3n) is 3.98. The molecule has 1 aliphatic heterocycles. The first kappa shape index (κ1) is 19.3. The van der Waals surface area contributed by atoms with Crippen molar-refractivity contribution >= 4 is 52.5 Å². The zero-order chi connectivity index (χ0) is 19.6. The molecule has 0 aliphatic carbocycles. The van der Waals surface area contributed by atoms with Gasteiger partial charge in [-0.2, -0.15) is 5.26 Å². The summed E-state index contributed by atoms with van der Waals surface area (Å²) in [5.41, 5.74) is 6.36. The standard InChI is InChI=1S/C19H13Cl2N3O2S/c20-14-8-4-5-11(16(14)21)9-15-18(26)24(12-6-2-1-3-7-12)19(27-15)13(10-22)17(23)25/h1-8,15H,9H2,(H2,23,25)/b19-13+/t15-/m1/s1. The molecule has 8 heteroatoms. The van der Waals surface area contributed by atoms with Gasteiger partial charge >= 0.3 is 0 Å². The first-order valence-corrected chi connectivity index (χ1v) is 9.50. The molecule has 3 rings (SSSR count). The summed E-state index contributed by atoms with van der Waals surface area (Å²) in [5.74, 6) is -1.14. The van der Waals surface area contributed by atoms with Crippen LogP contribution in [0.4, 0.5) is 5.69 Å². The van der Waals surface area contributed by atoms with Crippen molar-refractivity contribution in [2.24, 2.45) is 5.73 Å². The smallest absolute Gasteiger partial charge is 0.262 e. The van der Waals surface area contributed by atoms with E-state index in [4.69, 9.17) is 28.9 Å². The predicted octanol–water partition coefficient (Wildman–Crippen LogP) is 3.90. The molecule has 0 spiro atoms. The third-order valence-corrected chi connectivity index (χ3v) is 6.10. The molecule has 1 heterocycles. The van der Waals surface area contributed by atoms with E-state index in [1.54, 1.807) is 42.5 Å². The molecular formula is C19H13Cl2N3O2S. The number of amides is 2. The summed E-state index contributed by atoms with van der Waals surface area (Å²) in [6.45, 7) is 0. The first-order chi connectivity index (χ1) is 12.9. The molecule has 2 aromatic carbocycles. The lowest BCUT2D eigenvalue weighted by atomic mass is 10.1. The molecule has 2 N–H and O–H groups in total. The summed E-state index contributed by atoms with van der Waals surface area (Å²) in [6.07, 6.45) is 0.299. The average Bonchev–Trinajstić information content (AvgIpc) is 2.96. The van der Waals surface area contributed by atoms with Crippen molar-refractivity contribution in [3.05, 3.63) is 74.7 Å². The molecule has 1 saturated heterocycles. The van der Waals surface area contributed by atoms with Crippen LogP contribution in [-0.2, 0) is 16.0 Å². The van der Waals surface area contributed by atoms with Gasteiger partial charge in [0.1, 0.15) is 16.7 Å². The van der Waals surface area contributed by atoms with Crippen LogP contribution in [0, 0.1) is 11.3 Å². The maximum atomic E-state index is 13.1.